The molecule has 0 saturated heterocycles. The van der Waals surface area contributed by atoms with Crippen molar-refractivity contribution in [2.24, 2.45) is 0 Å². The van der Waals surface area contributed by atoms with Gasteiger partial charge in [0.25, 0.3) is 5.91 Å². The van der Waals surface area contributed by atoms with Crippen LogP contribution in [0.25, 0.3) is 0 Å². The van der Waals surface area contributed by atoms with E-state index in [1.54, 1.807) is 13.8 Å². The summed E-state index contributed by atoms with van der Waals surface area (Å²) in [5.74, 6) is -0.847. The van der Waals surface area contributed by atoms with Crippen molar-refractivity contribution < 1.29 is 14.3 Å². The fourth-order valence-corrected chi connectivity index (χ4v) is 1.49. The van der Waals surface area contributed by atoms with Crippen LogP contribution < -0.4 is 5.32 Å². The Hall–Kier alpha value is -2.10. The van der Waals surface area contributed by atoms with E-state index in [0.29, 0.717) is 0 Å². The number of hydrogen-bond donors (Lipinski definition) is 1. The number of anilines is 1. The molecular formula is C15H19NO3. The number of carbonyl (C=O) groups excluding carboxylic acids is 2. The largest absolute Gasteiger partial charge is 0.452 e. The number of esters is 1. The summed E-state index contributed by atoms with van der Waals surface area (Å²) in [6, 6.07) is 5.66. The molecule has 0 aliphatic heterocycles. The fourth-order valence-electron chi connectivity index (χ4n) is 1.49. The Morgan fingerprint density at radius 2 is 1.95 bits per heavy atom. The zero-order valence-corrected chi connectivity index (χ0v) is 11.7. The number of benzene rings is 1. The van der Waals surface area contributed by atoms with Crippen molar-refractivity contribution in [1.29, 1.82) is 0 Å². The molecule has 0 unspecified atom stereocenters. The highest BCUT2D eigenvalue weighted by atomic mass is 16.5. The Morgan fingerprint density at radius 1 is 1.26 bits per heavy atom. The smallest absolute Gasteiger partial charge is 0.331 e. The minimum Gasteiger partial charge on any atom is -0.452 e. The average molecular weight is 261 g/mol. The number of ether oxygens (including phenoxy) is 1. The van der Waals surface area contributed by atoms with E-state index in [4.69, 9.17) is 4.74 Å². The van der Waals surface area contributed by atoms with E-state index < -0.39 is 5.97 Å². The van der Waals surface area contributed by atoms with Gasteiger partial charge >= 0.3 is 5.97 Å². The molecule has 0 aliphatic rings. The van der Waals surface area contributed by atoms with E-state index in [1.165, 1.54) is 6.08 Å². The lowest BCUT2D eigenvalue weighted by atomic mass is 10.1. The third-order valence-electron chi connectivity index (χ3n) is 2.63. The molecule has 0 bridgehead atoms. The van der Waals surface area contributed by atoms with Crippen LogP contribution in [0.5, 0.6) is 0 Å². The van der Waals surface area contributed by atoms with Gasteiger partial charge in [-0.15, -0.1) is 0 Å². The number of nitrogens with one attached hydrogen (secondary N) is 1. The summed E-state index contributed by atoms with van der Waals surface area (Å²) < 4.78 is 4.83. The van der Waals surface area contributed by atoms with Gasteiger partial charge in [-0.25, -0.2) is 4.79 Å². The maximum absolute atomic E-state index is 11.7. The Bertz CT molecular complexity index is 514. The summed E-state index contributed by atoms with van der Waals surface area (Å²) in [7, 11) is 0. The van der Waals surface area contributed by atoms with Crippen molar-refractivity contribution in [1.82, 2.24) is 0 Å². The maximum Gasteiger partial charge on any atom is 0.331 e. The summed E-state index contributed by atoms with van der Waals surface area (Å²) in [6.45, 7) is 7.20. The standard InChI is InChI=1S/C15H19NO3/c1-10(2)8-15(18)19-9-14(17)16-13-7-5-6-11(3)12(13)4/h5-8H,9H2,1-4H3,(H,16,17). The second-order valence-corrected chi connectivity index (χ2v) is 4.63. The average Bonchev–Trinajstić information content (AvgIpc) is 2.32. The number of aryl methyl sites for hydroxylation is 1. The zero-order valence-electron chi connectivity index (χ0n) is 11.7. The molecule has 0 aromatic heterocycles. The molecule has 4 nitrogen and oxygen atoms in total. The molecule has 4 heteroatoms. The first kappa shape index (κ1) is 15.0. The predicted molar refractivity (Wildman–Crippen MR) is 74.9 cm³/mol. The second kappa shape index (κ2) is 6.73. The normalized spacial score (nSPS) is 9.68. The van der Waals surface area contributed by atoms with Crippen molar-refractivity contribution in [2.45, 2.75) is 27.7 Å². The van der Waals surface area contributed by atoms with Crippen molar-refractivity contribution in [2.75, 3.05) is 11.9 Å². The number of carbonyl (C=O) groups is 2. The molecule has 1 rings (SSSR count). The Kier molecular flexibility index (Phi) is 5.30. The molecule has 1 aromatic carbocycles. The van der Waals surface area contributed by atoms with Crippen LogP contribution in [0.1, 0.15) is 25.0 Å². The Labute approximate surface area is 113 Å². The fraction of sp³-hybridized carbons (Fsp3) is 0.333. The SMILES string of the molecule is CC(C)=CC(=O)OCC(=O)Nc1cccc(C)c1C. The van der Waals surface area contributed by atoms with Crippen molar-refractivity contribution in [3.8, 4) is 0 Å². The van der Waals surface area contributed by atoms with Crippen LogP contribution in [0.15, 0.2) is 29.8 Å². The van der Waals surface area contributed by atoms with E-state index in [-0.39, 0.29) is 12.5 Å². The van der Waals surface area contributed by atoms with Gasteiger partial charge in [0.15, 0.2) is 6.61 Å². The lowest BCUT2D eigenvalue weighted by Gasteiger charge is -2.10. The summed E-state index contributed by atoms with van der Waals surface area (Å²) in [4.78, 5) is 22.9. The maximum atomic E-state index is 11.7. The highest BCUT2D eigenvalue weighted by Gasteiger charge is 2.08. The first-order valence-corrected chi connectivity index (χ1v) is 6.08. The molecule has 1 amide bonds. The summed E-state index contributed by atoms with van der Waals surface area (Å²) in [5.41, 5.74) is 3.68. The van der Waals surface area contributed by atoms with E-state index >= 15 is 0 Å². The first-order chi connectivity index (χ1) is 8.90. The topological polar surface area (TPSA) is 55.4 Å². The Balaban J connectivity index is 2.54. The van der Waals surface area contributed by atoms with Crippen molar-refractivity contribution >= 4 is 17.6 Å². The Morgan fingerprint density at radius 3 is 2.58 bits per heavy atom. The first-order valence-electron chi connectivity index (χ1n) is 6.08. The van der Waals surface area contributed by atoms with Crippen LogP contribution in [0, 0.1) is 13.8 Å². The van der Waals surface area contributed by atoms with Gasteiger partial charge in [-0.2, -0.15) is 0 Å². The third kappa shape index (κ3) is 4.95. The van der Waals surface area contributed by atoms with E-state index in [0.717, 1.165) is 22.4 Å². The second-order valence-electron chi connectivity index (χ2n) is 4.63. The van der Waals surface area contributed by atoms with Gasteiger partial charge in [-0.05, 0) is 44.9 Å². The van der Waals surface area contributed by atoms with Crippen molar-refractivity contribution in [3.05, 3.63) is 41.0 Å². The van der Waals surface area contributed by atoms with Gasteiger partial charge < -0.3 is 10.1 Å². The lowest BCUT2D eigenvalue weighted by Crippen LogP contribution is -2.20. The van der Waals surface area contributed by atoms with E-state index in [2.05, 4.69) is 5.32 Å². The molecule has 0 saturated carbocycles. The molecule has 1 aromatic rings. The van der Waals surface area contributed by atoms with E-state index in [9.17, 15) is 9.59 Å². The van der Waals surface area contributed by atoms with Gasteiger partial charge in [-0.3, -0.25) is 4.79 Å². The zero-order chi connectivity index (χ0) is 14.4. The minimum atomic E-state index is -0.504. The third-order valence-corrected chi connectivity index (χ3v) is 2.63. The number of rotatable bonds is 4. The van der Waals surface area contributed by atoms with Gasteiger partial charge in [0, 0.05) is 11.8 Å². The van der Waals surface area contributed by atoms with Crippen LogP contribution in [0.4, 0.5) is 5.69 Å². The van der Waals surface area contributed by atoms with Crippen LogP contribution in [0.2, 0.25) is 0 Å². The molecule has 0 aliphatic carbocycles. The van der Waals surface area contributed by atoms with E-state index in [1.807, 2.05) is 32.0 Å². The number of amides is 1. The number of allylic oxidation sites excluding steroid dienone is 1. The monoisotopic (exact) mass is 261 g/mol. The molecule has 19 heavy (non-hydrogen) atoms. The molecular weight excluding hydrogens is 242 g/mol. The van der Waals surface area contributed by atoms with Gasteiger partial charge in [0.2, 0.25) is 0 Å². The molecule has 0 spiro atoms. The van der Waals surface area contributed by atoms with Gasteiger partial charge in [-0.1, -0.05) is 17.7 Å². The predicted octanol–water partition coefficient (Wildman–Crippen LogP) is 2.75. The molecule has 0 atom stereocenters. The van der Waals surface area contributed by atoms with Crippen LogP contribution >= 0.6 is 0 Å². The van der Waals surface area contributed by atoms with Crippen LogP contribution in [-0.4, -0.2) is 18.5 Å². The van der Waals surface area contributed by atoms with Gasteiger partial charge in [0.05, 0.1) is 0 Å². The summed E-state index contributed by atoms with van der Waals surface area (Å²) >= 11 is 0. The molecule has 102 valence electrons. The highest BCUT2D eigenvalue weighted by Crippen LogP contribution is 2.17. The van der Waals surface area contributed by atoms with Gasteiger partial charge in [0.1, 0.15) is 0 Å². The van der Waals surface area contributed by atoms with Crippen LogP contribution in [0.3, 0.4) is 0 Å². The number of hydrogen-bond acceptors (Lipinski definition) is 3. The summed E-state index contributed by atoms with van der Waals surface area (Å²) in [5, 5.41) is 2.72. The summed E-state index contributed by atoms with van der Waals surface area (Å²) in [6.07, 6.45) is 1.35. The lowest BCUT2D eigenvalue weighted by molar-refractivity contribution is -0.142. The molecule has 0 heterocycles. The molecule has 1 N–H and O–H groups in total. The highest BCUT2D eigenvalue weighted by molar-refractivity contribution is 5.94. The molecule has 0 radical (unpaired) electrons. The quantitative estimate of drug-likeness (QED) is 0.669. The van der Waals surface area contributed by atoms with Crippen molar-refractivity contribution in [3.63, 3.8) is 0 Å². The van der Waals surface area contributed by atoms with Crippen LogP contribution in [-0.2, 0) is 14.3 Å². The minimum absolute atomic E-state index is 0.282. The molecule has 0 fully saturated rings.